The van der Waals surface area contributed by atoms with Crippen LogP contribution in [0.2, 0.25) is 0 Å². The fraction of sp³-hybridized carbons (Fsp3) is 0.400. The first-order valence-corrected chi connectivity index (χ1v) is 14.2. The second-order valence-electron chi connectivity index (χ2n) is 11.0. The van der Waals surface area contributed by atoms with Crippen LogP contribution in [0.1, 0.15) is 35.7 Å². The van der Waals surface area contributed by atoms with E-state index in [0.717, 1.165) is 0 Å². The van der Waals surface area contributed by atoms with E-state index in [1.165, 1.54) is 11.0 Å². The van der Waals surface area contributed by atoms with Gasteiger partial charge >= 0.3 is 12.1 Å². The maximum Gasteiger partial charge on any atom is 0.323 e. The molecule has 3 heterocycles. The molecule has 44 heavy (non-hydrogen) atoms. The molecule has 0 bridgehead atoms. The Hall–Kier alpha value is -4.98. The molecule has 2 aliphatic rings. The van der Waals surface area contributed by atoms with Crippen molar-refractivity contribution in [3.05, 3.63) is 53.4 Å². The molecule has 1 aromatic heterocycles. The van der Waals surface area contributed by atoms with Crippen molar-refractivity contribution in [2.24, 2.45) is 5.92 Å². The number of carbonyl (C=O) groups is 3. The number of fused-ring (bicyclic) bond motifs is 2. The molecule has 0 fully saturated rings. The van der Waals surface area contributed by atoms with Gasteiger partial charge in [0.15, 0.2) is 17.3 Å². The molecule has 0 radical (unpaired) electrons. The van der Waals surface area contributed by atoms with Gasteiger partial charge in [-0.1, -0.05) is 12.1 Å². The van der Waals surface area contributed by atoms with E-state index >= 15 is 0 Å². The molecular weight excluding hydrogens is 572 g/mol. The van der Waals surface area contributed by atoms with Crippen molar-refractivity contribution in [2.75, 3.05) is 49.5 Å². The number of aliphatic hydroxyl groups excluding tert-OH is 1. The lowest BCUT2D eigenvalue weighted by Crippen LogP contribution is -2.50. The van der Waals surface area contributed by atoms with Gasteiger partial charge in [-0.05, 0) is 51.1 Å². The van der Waals surface area contributed by atoms with Crippen LogP contribution in [0.25, 0.3) is 0 Å². The summed E-state index contributed by atoms with van der Waals surface area (Å²) < 4.78 is 22.2. The molecule has 14 heteroatoms. The number of aliphatic hydroxyl groups is 1. The average Bonchev–Trinajstić information content (AvgIpc) is 3.60. The van der Waals surface area contributed by atoms with Gasteiger partial charge in [0.25, 0.3) is 5.91 Å². The summed E-state index contributed by atoms with van der Waals surface area (Å²) in [7, 11) is 1.65. The Labute approximate surface area is 254 Å². The zero-order valence-electron chi connectivity index (χ0n) is 25.2. The summed E-state index contributed by atoms with van der Waals surface area (Å²) in [5.74, 6) is 1.36. The van der Waals surface area contributed by atoms with Crippen molar-refractivity contribution < 1.29 is 38.2 Å². The number of rotatable bonds is 7. The Morgan fingerprint density at radius 2 is 1.77 bits per heavy atom. The van der Waals surface area contributed by atoms with Gasteiger partial charge in [0.1, 0.15) is 23.2 Å². The summed E-state index contributed by atoms with van der Waals surface area (Å²) in [5.41, 5.74) is 2.11. The second-order valence-corrected chi connectivity index (χ2v) is 11.0. The summed E-state index contributed by atoms with van der Waals surface area (Å²) in [4.78, 5) is 42.7. The summed E-state index contributed by atoms with van der Waals surface area (Å²) in [6.45, 7) is 7.44. The third kappa shape index (κ3) is 6.49. The van der Waals surface area contributed by atoms with Gasteiger partial charge < -0.3 is 49.6 Å². The third-order valence-corrected chi connectivity index (χ3v) is 7.62. The summed E-state index contributed by atoms with van der Waals surface area (Å²) >= 11 is 0. The third-order valence-electron chi connectivity index (χ3n) is 7.62. The molecule has 0 unspecified atom stereocenters. The highest BCUT2D eigenvalue weighted by molar-refractivity contribution is 6.03. The van der Waals surface area contributed by atoms with Crippen LogP contribution in [-0.2, 0) is 0 Å². The van der Waals surface area contributed by atoms with E-state index in [4.69, 9.17) is 18.7 Å². The van der Waals surface area contributed by atoms with E-state index in [-0.39, 0.29) is 49.9 Å². The van der Waals surface area contributed by atoms with E-state index < -0.39 is 18.2 Å². The number of nitrogens with one attached hydrogen (secondary N) is 3. The Bertz CT molecular complexity index is 1540. The molecule has 3 aromatic rings. The Morgan fingerprint density at radius 3 is 2.48 bits per heavy atom. The summed E-state index contributed by atoms with van der Waals surface area (Å²) in [5, 5.41) is 22.1. The average molecular weight is 609 g/mol. The van der Waals surface area contributed by atoms with Crippen molar-refractivity contribution in [1.29, 1.82) is 0 Å². The van der Waals surface area contributed by atoms with Crippen LogP contribution < -0.4 is 30.2 Å². The first kappa shape index (κ1) is 30.5. The summed E-state index contributed by atoms with van der Waals surface area (Å²) in [6.07, 6.45) is -0.510. The van der Waals surface area contributed by atoms with Gasteiger partial charge in [-0.3, -0.25) is 4.79 Å². The lowest BCUT2D eigenvalue weighted by atomic mass is 9.99. The molecule has 0 saturated heterocycles. The minimum atomic E-state index is -0.541. The quantitative estimate of drug-likeness (QED) is 0.309. The smallest absolute Gasteiger partial charge is 0.323 e. The van der Waals surface area contributed by atoms with Crippen molar-refractivity contribution in [1.82, 2.24) is 15.0 Å². The van der Waals surface area contributed by atoms with E-state index in [1.807, 2.05) is 6.92 Å². The number of benzene rings is 2. The topological polar surface area (TPSA) is 168 Å². The number of hydrogen-bond donors (Lipinski definition) is 4. The molecule has 0 saturated carbocycles. The Morgan fingerprint density at radius 1 is 1.07 bits per heavy atom. The zero-order chi connectivity index (χ0) is 31.5. The van der Waals surface area contributed by atoms with Crippen LogP contribution in [0.5, 0.6) is 17.2 Å². The van der Waals surface area contributed by atoms with Gasteiger partial charge in [-0.25, -0.2) is 9.59 Å². The van der Waals surface area contributed by atoms with Gasteiger partial charge in [0.05, 0.1) is 24.8 Å². The van der Waals surface area contributed by atoms with Crippen LogP contribution in [0, 0.1) is 19.8 Å². The SMILES string of the molecule is Cc1noc(C)c1NC(=O)Nc1ccc2c(c1)C(=O)N([C@@H](C)CO)C[C@@H](C)[C@H](CN(C)C(=O)Nc1ccc3c(c1)OCO3)O2. The maximum absolute atomic E-state index is 13.7. The Kier molecular flexibility index (Phi) is 8.81. The number of aryl methyl sites for hydroxylation is 2. The largest absolute Gasteiger partial charge is 0.487 e. The lowest BCUT2D eigenvalue weighted by Gasteiger charge is -2.38. The Balaban J connectivity index is 1.34. The number of hydrogen-bond acceptors (Lipinski definition) is 9. The van der Waals surface area contributed by atoms with Crippen molar-refractivity contribution >= 4 is 35.0 Å². The first-order chi connectivity index (χ1) is 21.0. The fourth-order valence-corrected chi connectivity index (χ4v) is 5.00. The molecule has 234 valence electrons. The molecule has 5 rings (SSSR count). The van der Waals surface area contributed by atoms with Crippen LogP contribution in [0.3, 0.4) is 0 Å². The molecule has 2 aliphatic heterocycles. The van der Waals surface area contributed by atoms with E-state index in [1.54, 1.807) is 63.1 Å². The molecule has 14 nitrogen and oxygen atoms in total. The molecule has 0 spiro atoms. The van der Waals surface area contributed by atoms with Gasteiger partial charge in [0.2, 0.25) is 6.79 Å². The number of carbonyl (C=O) groups excluding carboxylic acids is 3. The minimum Gasteiger partial charge on any atom is -0.487 e. The predicted octanol–water partition coefficient (Wildman–Crippen LogP) is 4.05. The summed E-state index contributed by atoms with van der Waals surface area (Å²) in [6, 6.07) is 8.53. The monoisotopic (exact) mass is 608 g/mol. The number of anilines is 3. The maximum atomic E-state index is 13.7. The highest BCUT2D eigenvalue weighted by Gasteiger charge is 2.34. The number of nitrogens with zero attached hydrogens (tertiary/aromatic N) is 3. The van der Waals surface area contributed by atoms with Crippen molar-refractivity contribution in [3.63, 3.8) is 0 Å². The first-order valence-electron chi connectivity index (χ1n) is 14.2. The minimum absolute atomic E-state index is 0.132. The molecule has 3 atom stereocenters. The molecular formula is C30H36N6O8. The van der Waals surface area contributed by atoms with E-state index in [0.29, 0.717) is 45.8 Å². The number of ether oxygens (including phenoxy) is 3. The molecule has 4 N–H and O–H groups in total. The van der Waals surface area contributed by atoms with E-state index in [2.05, 4.69) is 21.1 Å². The molecule has 0 aliphatic carbocycles. The van der Waals surface area contributed by atoms with Crippen LogP contribution in [0.15, 0.2) is 40.9 Å². The number of urea groups is 2. The highest BCUT2D eigenvalue weighted by atomic mass is 16.7. The second kappa shape index (κ2) is 12.7. The standard InChI is InChI=1S/C30H36N6O8/c1-16-12-36(17(2)14-37)28(38)22-10-20(31-29(39)33-27-18(3)34-44-19(27)4)6-8-23(22)43-26(16)13-35(5)30(40)32-21-7-9-24-25(11-21)42-15-41-24/h6-11,16-17,26,37H,12-15H2,1-5H3,(H,32,40)(H2,31,33,39)/t16-,17+,26+/m1/s1. The zero-order valence-corrected chi connectivity index (χ0v) is 25.2. The predicted molar refractivity (Wildman–Crippen MR) is 160 cm³/mol. The van der Waals surface area contributed by atoms with Gasteiger partial charge in [-0.2, -0.15) is 0 Å². The van der Waals surface area contributed by atoms with Crippen molar-refractivity contribution in [2.45, 2.75) is 39.8 Å². The highest BCUT2D eigenvalue weighted by Crippen LogP contribution is 2.35. The van der Waals surface area contributed by atoms with Gasteiger partial charge in [0, 0.05) is 37.0 Å². The van der Waals surface area contributed by atoms with Gasteiger partial charge in [-0.15, -0.1) is 0 Å². The normalized spacial score (nSPS) is 18.0. The molecule has 2 aromatic carbocycles. The van der Waals surface area contributed by atoms with Crippen LogP contribution in [-0.4, -0.2) is 83.7 Å². The van der Waals surface area contributed by atoms with E-state index in [9.17, 15) is 19.5 Å². The number of likely N-dealkylation sites (N-methyl/N-ethyl adjacent to an activating group) is 1. The fourth-order valence-electron chi connectivity index (χ4n) is 5.00. The van der Waals surface area contributed by atoms with Crippen LogP contribution >= 0.6 is 0 Å². The lowest BCUT2D eigenvalue weighted by molar-refractivity contribution is 0.0371. The van der Waals surface area contributed by atoms with Crippen molar-refractivity contribution in [3.8, 4) is 17.2 Å². The number of amides is 5. The molecule has 5 amide bonds. The van der Waals surface area contributed by atoms with Crippen LogP contribution in [0.4, 0.5) is 26.7 Å². The number of aromatic nitrogens is 1.